The van der Waals surface area contributed by atoms with Gasteiger partial charge in [0.05, 0.1) is 26.2 Å². The average molecular weight is 434 g/mol. The minimum absolute atomic E-state index is 0.144. The normalized spacial score (nSPS) is 13.3. The highest BCUT2D eigenvalue weighted by molar-refractivity contribution is 7.89. The Hall–Kier alpha value is -2.64. The van der Waals surface area contributed by atoms with Gasteiger partial charge in [-0.3, -0.25) is 24.8 Å². The molecule has 0 saturated carbocycles. The predicted octanol–water partition coefficient (Wildman–Crippen LogP) is 1.63. The second-order valence-corrected chi connectivity index (χ2v) is 9.02. The van der Waals surface area contributed by atoms with Gasteiger partial charge >= 0.3 is 7.60 Å². The van der Waals surface area contributed by atoms with Gasteiger partial charge in [0, 0.05) is 5.39 Å². The molecule has 0 spiro atoms. The third kappa shape index (κ3) is 4.10. The number of nitro benzene ring substituents is 2. The quantitative estimate of drug-likeness (QED) is 0.280. The SMILES string of the molecule is CCC(Nc1c([N+](=O)[O-])cc([N+](=O)[O-])c2c(S(N)(=O)=O)cccc12)P(=O)(O)O. The van der Waals surface area contributed by atoms with Crippen molar-refractivity contribution in [3.8, 4) is 0 Å². The molecule has 2 aromatic rings. The van der Waals surface area contributed by atoms with Gasteiger partial charge < -0.3 is 15.1 Å². The van der Waals surface area contributed by atoms with Crippen LogP contribution >= 0.6 is 7.60 Å². The van der Waals surface area contributed by atoms with Crippen molar-refractivity contribution in [2.45, 2.75) is 24.0 Å². The number of anilines is 1. The molecule has 0 saturated heterocycles. The lowest BCUT2D eigenvalue weighted by atomic mass is 10.0. The molecule has 0 aliphatic rings. The van der Waals surface area contributed by atoms with Crippen molar-refractivity contribution in [1.82, 2.24) is 0 Å². The van der Waals surface area contributed by atoms with Crippen LogP contribution in [0.4, 0.5) is 17.1 Å². The van der Waals surface area contributed by atoms with Crippen LogP contribution in [0.5, 0.6) is 0 Å². The van der Waals surface area contributed by atoms with Gasteiger partial charge in [-0.15, -0.1) is 0 Å². The zero-order chi connectivity index (χ0) is 21.4. The molecule has 2 rings (SSSR count). The number of hydrogen-bond acceptors (Lipinski definition) is 8. The van der Waals surface area contributed by atoms with Gasteiger partial charge in [0.2, 0.25) is 10.0 Å². The number of fused-ring (bicyclic) bond motifs is 1. The highest BCUT2D eigenvalue weighted by Crippen LogP contribution is 2.47. The number of rotatable bonds is 7. The summed E-state index contributed by atoms with van der Waals surface area (Å²) in [5, 5.41) is 29.5. The molecule has 0 fully saturated rings. The topological polar surface area (TPSA) is 216 Å². The van der Waals surface area contributed by atoms with Crippen molar-refractivity contribution >= 4 is 45.5 Å². The lowest BCUT2D eigenvalue weighted by Gasteiger charge is -2.20. The Morgan fingerprint density at radius 3 is 2.21 bits per heavy atom. The molecular formula is C13H15N4O9PS. The third-order valence-corrected chi connectivity index (χ3v) is 6.14. The summed E-state index contributed by atoms with van der Waals surface area (Å²) >= 11 is 0. The van der Waals surface area contributed by atoms with Crippen LogP contribution in [0.15, 0.2) is 29.2 Å². The number of nitro groups is 2. The predicted molar refractivity (Wildman–Crippen MR) is 98.4 cm³/mol. The molecule has 13 nitrogen and oxygen atoms in total. The summed E-state index contributed by atoms with van der Waals surface area (Å²) in [4.78, 5) is 39.1. The molecule has 0 aliphatic heterocycles. The molecule has 2 aromatic carbocycles. The molecule has 28 heavy (non-hydrogen) atoms. The Labute approximate surface area is 157 Å². The van der Waals surface area contributed by atoms with Crippen molar-refractivity contribution in [2.24, 2.45) is 5.14 Å². The number of hydrogen-bond donors (Lipinski definition) is 4. The lowest BCUT2D eigenvalue weighted by Crippen LogP contribution is -2.20. The standard InChI is InChI=1S/C13H15N4O9PS/c1-2-11(27(22,23)24)15-13-7-4-3-5-10(28(14,25)26)12(7)8(16(18)19)6-9(13)17(20)21/h3-6,11,15H,2H2,1H3,(H2,14,25,26)(H2,22,23,24). The minimum Gasteiger partial charge on any atom is -0.365 e. The summed E-state index contributed by atoms with van der Waals surface area (Å²) in [7, 11) is -9.21. The molecule has 0 amide bonds. The fraction of sp³-hybridized carbons (Fsp3) is 0.231. The number of benzene rings is 2. The van der Waals surface area contributed by atoms with E-state index in [1.165, 1.54) is 6.92 Å². The molecular weight excluding hydrogens is 419 g/mol. The van der Waals surface area contributed by atoms with Crippen LogP contribution in [0.25, 0.3) is 10.8 Å². The van der Waals surface area contributed by atoms with Crippen LogP contribution in [-0.4, -0.2) is 33.8 Å². The van der Waals surface area contributed by atoms with E-state index in [-0.39, 0.29) is 11.8 Å². The maximum Gasteiger partial charge on any atom is 0.347 e. The zero-order valence-electron chi connectivity index (χ0n) is 14.2. The van der Waals surface area contributed by atoms with Crippen molar-refractivity contribution in [2.75, 3.05) is 5.32 Å². The maximum atomic E-state index is 11.9. The van der Waals surface area contributed by atoms with Gasteiger partial charge in [-0.2, -0.15) is 0 Å². The second kappa shape index (κ2) is 7.41. The summed E-state index contributed by atoms with van der Waals surface area (Å²) in [6.45, 7) is 1.41. The number of nitrogens with zero attached hydrogens (tertiary/aromatic N) is 2. The molecule has 0 radical (unpaired) electrons. The molecule has 5 N–H and O–H groups in total. The summed E-state index contributed by atoms with van der Waals surface area (Å²) in [6, 6.07) is 3.81. The van der Waals surface area contributed by atoms with Crippen LogP contribution in [0.1, 0.15) is 13.3 Å². The van der Waals surface area contributed by atoms with Gasteiger partial charge in [0.1, 0.15) is 11.5 Å². The van der Waals surface area contributed by atoms with Gasteiger partial charge in [-0.05, 0) is 12.5 Å². The van der Waals surface area contributed by atoms with E-state index in [0.717, 1.165) is 18.2 Å². The van der Waals surface area contributed by atoms with Crippen LogP contribution in [0.2, 0.25) is 0 Å². The van der Waals surface area contributed by atoms with Crippen molar-refractivity contribution in [3.05, 3.63) is 44.5 Å². The Bertz CT molecular complexity index is 1130. The Morgan fingerprint density at radius 2 is 1.79 bits per heavy atom. The van der Waals surface area contributed by atoms with Gasteiger partial charge in [-0.1, -0.05) is 19.1 Å². The first kappa shape index (κ1) is 21.7. The third-order valence-electron chi connectivity index (χ3n) is 3.88. The van der Waals surface area contributed by atoms with Crippen LogP contribution in [0.3, 0.4) is 0 Å². The zero-order valence-corrected chi connectivity index (χ0v) is 15.9. The number of sulfonamides is 1. The van der Waals surface area contributed by atoms with E-state index >= 15 is 0 Å². The van der Waals surface area contributed by atoms with E-state index in [9.17, 15) is 43.0 Å². The van der Waals surface area contributed by atoms with Crippen LogP contribution in [-0.2, 0) is 14.6 Å². The average Bonchev–Trinajstić information content (AvgIpc) is 2.55. The summed E-state index contributed by atoms with van der Waals surface area (Å²) in [5.74, 6) is -1.55. The highest BCUT2D eigenvalue weighted by Gasteiger charge is 2.34. The Kier molecular flexibility index (Phi) is 5.73. The van der Waals surface area contributed by atoms with E-state index in [1.807, 2.05) is 0 Å². The lowest BCUT2D eigenvalue weighted by molar-refractivity contribution is -0.392. The van der Waals surface area contributed by atoms with Gasteiger partial charge in [-0.25, -0.2) is 13.6 Å². The first-order valence-electron chi connectivity index (χ1n) is 7.52. The molecule has 1 atom stereocenters. The van der Waals surface area contributed by atoms with Crippen LogP contribution in [0, 0.1) is 20.2 Å². The Morgan fingerprint density at radius 1 is 1.21 bits per heavy atom. The first-order chi connectivity index (χ1) is 12.8. The summed E-state index contributed by atoms with van der Waals surface area (Å²) in [5.41, 5.74) is -2.20. The summed E-state index contributed by atoms with van der Waals surface area (Å²) in [6.07, 6.45) is -0.144. The summed E-state index contributed by atoms with van der Waals surface area (Å²) < 4.78 is 35.4. The molecule has 1 unspecified atom stereocenters. The van der Waals surface area contributed by atoms with E-state index in [1.54, 1.807) is 0 Å². The van der Waals surface area contributed by atoms with Crippen LogP contribution < -0.4 is 10.5 Å². The molecule has 0 aromatic heterocycles. The molecule has 0 bridgehead atoms. The van der Waals surface area contributed by atoms with E-state index < -0.39 is 60.6 Å². The largest absolute Gasteiger partial charge is 0.365 e. The van der Waals surface area contributed by atoms with E-state index in [4.69, 9.17) is 5.14 Å². The van der Waals surface area contributed by atoms with Gasteiger partial charge in [0.25, 0.3) is 11.4 Å². The molecule has 152 valence electrons. The van der Waals surface area contributed by atoms with Gasteiger partial charge in [0.15, 0.2) is 0 Å². The first-order valence-corrected chi connectivity index (χ1v) is 10.7. The monoisotopic (exact) mass is 434 g/mol. The van der Waals surface area contributed by atoms with E-state index in [0.29, 0.717) is 6.07 Å². The maximum absolute atomic E-state index is 11.9. The minimum atomic E-state index is -4.76. The number of primary sulfonamides is 1. The van der Waals surface area contributed by atoms with Crippen molar-refractivity contribution in [3.63, 3.8) is 0 Å². The fourth-order valence-corrected chi connectivity index (χ4v) is 4.22. The molecule has 15 heteroatoms. The molecule has 0 heterocycles. The smallest absolute Gasteiger partial charge is 0.347 e. The fourth-order valence-electron chi connectivity index (χ4n) is 2.68. The molecule has 0 aliphatic carbocycles. The van der Waals surface area contributed by atoms with Crippen molar-refractivity contribution in [1.29, 1.82) is 0 Å². The number of non-ortho nitro benzene ring substituents is 1. The number of nitrogens with two attached hydrogens (primary N) is 1. The number of nitrogens with one attached hydrogen (secondary N) is 1. The van der Waals surface area contributed by atoms with E-state index in [2.05, 4.69) is 5.32 Å². The Balaban J connectivity index is 3.03. The second-order valence-electron chi connectivity index (χ2n) is 5.69. The van der Waals surface area contributed by atoms with Crippen molar-refractivity contribution < 1.29 is 32.6 Å². The highest BCUT2D eigenvalue weighted by atomic mass is 32.2.